The Morgan fingerprint density at radius 1 is 0.806 bits per heavy atom. The maximum atomic E-state index is 12.8. The lowest BCUT2D eigenvalue weighted by atomic mass is 10.1. The number of hydrogen-bond acceptors (Lipinski definition) is 6. The fourth-order valence-corrected chi connectivity index (χ4v) is 2.61. The number of esters is 1. The molecule has 0 radical (unpaired) electrons. The van der Waals surface area contributed by atoms with E-state index in [-0.39, 0.29) is 6.61 Å². The molecule has 176 valence electrons. The topological polar surface area (TPSA) is 96.5 Å². The monoisotopic (exact) mass is 439 g/mol. The first kappa shape index (κ1) is 28.2. The smallest absolute Gasteiger partial charge is 0.411 e. The third kappa shape index (κ3) is 8.87. The predicted molar refractivity (Wildman–Crippen MR) is 117 cm³/mol. The molecule has 0 aliphatic heterocycles. The Labute approximate surface area is 186 Å². The molecule has 0 rings (SSSR count). The van der Waals surface area contributed by atoms with Gasteiger partial charge in [-0.3, -0.25) is 14.5 Å². The summed E-state index contributed by atoms with van der Waals surface area (Å²) < 4.78 is 10.1. The van der Waals surface area contributed by atoms with E-state index in [0.29, 0.717) is 12.5 Å². The molecule has 0 bridgehead atoms. The zero-order valence-corrected chi connectivity index (χ0v) is 20.0. The summed E-state index contributed by atoms with van der Waals surface area (Å²) in [6, 6.07) is -2.53. The van der Waals surface area contributed by atoms with Gasteiger partial charge in [0.1, 0.15) is 18.1 Å². The van der Waals surface area contributed by atoms with Crippen molar-refractivity contribution in [3.8, 4) is 12.3 Å². The molecule has 0 aliphatic carbocycles. The zero-order valence-electron chi connectivity index (χ0n) is 20.0. The number of rotatable bonds is 11. The third-order valence-corrected chi connectivity index (χ3v) is 5.23. The predicted octanol–water partition coefficient (Wildman–Crippen LogP) is 1.75. The average molecular weight is 440 g/mol. The Morgan fingerprint density at radius 2 is 1.29 bits per heavy atom. The summed E-state index contributed by atoms with van der Waals surface area (Å²) in [6.07, 6.45) is 6.03. The Kier molecular flexibility index (Phi) is 12.3. The minimum atomic E-state index is -0.876. The lowest BCUT2D eigenvalue weighted by Crippen LogP contribution is -2.54. The maximum absolute atomic E-state index is 12.8. The molecular formula is C22H37N3O6. The fraction of sp³-hybridized carbons (Fsp3) is 0.727. The number of carbonyl (C=O) groups excluding carboxylic acids is 4. The molecule has 0 fully saturated rings. The van der Waals surface area contributed by atoms with Crippen LogP contribution in [-0.2, 0) is 23.9 Å². The average Bonchev–Trinajstić information content (AvgIpc) is 2.75. The van der Waals surface area contributed by atoms with E-state index in [2.05, 4.69) is 19.8 Å². The first-order valence-electron chi connectivity index (χ1n) is 10.4. The zero-order chi connectivity index (χ0) is 24.3. The van der Waals surface area contributed by atoms with Crippen molar-refractivity contribution in [3.05, 3.63) is 0 Å². The number of ether oxygens (including phenoxy) is 2. The number of amides is 3. The molecule has 0 saturated heterocycles. The molecule has 9 nitrogen and oxygen atoms in total. The second-order valence-corrected chi connectivity index (χ2v) is 8.00. The maximum Gasteiger partial charge on any atom is 0.411 e. The highest BCUT2D eigenvalue weighted by Gasteiger charge is 2.34. The standard InChI is InChI=1S/C22H37N3O6/c1-10-13-31-22(29)25(9)17(5)20(27)23(7)16(4)19(26)24(8)18(6)21(28)30-14-11-12-15(2)3/h1,15-18H,11-14H2,2-9H3. The van der Waals surface area contributed by atoms with Gasteiger partial charge in [0, 0.05) is 21.1 Å². The van der Waals surface area contributed by atoms with Crippen molar-refractivity contribution in [2.24, 2.45) is 5.92 Å². The molecule has 0 heterocycles. The van der Waals surface area contributed by atoms with Gasteiger partial charge in [-0.2, -0.15) is 0 Å². The van der Waals surface area contributed by atoms with Crippen LogP contribution in [0.4, 0.5) is 4.79 Å². The molecule has 0 saturated carbocycles. The van der Waals surface area contributed by atoms with Crippen LogP contribution in [-0.4, -0.2) is 91.1 Å². The van der Waals surface area contributed by atoms with Crippen molar-refractivity contribution in [1.82, 2.24) is 14.7 Å². The molecular weight excluding hydrogens is 402 g/mol. The van der Waals surface area contributed by atoms with Gasteiger partial charge in [-0.1, -0.05) is 19.8 Å². The van der Waals surface area contributed by atoms with Crippen LogP contribution in [0.1, 0.15) is 47.5 Å². The van der Waals surface area contributed by atoms with E-state index in [1.165, 1.54) is 37.9 Å². The van der Waals surface area contributed by atoms with Crippen LogP contribution in [0.25, 0.3) is 0 Å². The van der Waals surface area contributed by atoms with E-state index in [0.717, 1.165) is 17.7 Å². The molecule has 31 heavy (non-hydrogen) atoms. The Bertz CT molecular complexity index is 673. The van der Waals surface area contributed by atoms with Crippen molar-refractivity contribution >= 4 is 23.9 Å². The Hall–Kier alpha value is -2.76. The van der Waals surface area contributed by atoms with E-state index in [9.17, 15) is 19.2 Å². The van der Waals surface area contributed by atoms with E-state index < -0.39 is 42.0 Å². The van der Waals surface area contributed by atoms with Crippen molar-refractivity contribution in [2.75, 3.05) is 34.4 Å². The minimum Gasteiger partial charge on any atom is -0.464 e. The van der Waals surface area contributed by atoms with Gasteiger partial charge in [0.25, 0.3) is 0 Å². The number of carbonyl (C=O) groups is 4. The number of hydrogen-bond donors (Lipinski definition) is 0. The summed E-state index contributed by atoms with van der Waals surface area (Å²) in [4.78, 5) is 53.3. The largest absolute Gasteiger partial charge is 0.464 e. The molecule has 9 heteroatoms. The SMILES string of the molecule is C#CCOC(=O)N(C)C(C)C(=O)N(C)C(C)C(=O)N(C)C(C)C(=O)OCCCC(C)C. The van der Waals surface area contributed by atoms with Crippen LogP contribution < -0.4 is 0 Å². The highest BCUT2D eigenvalue weighted by molar-refractivity contribution is 5.92. The number of terminal acetylenes is 1. The van der Waals surface area contributed by atoms with Crippen molar-refractivity contribution in [1.29, 1.82) is 0 Å². The summed E-state index contributed by atoms with van der Waals surface area (Å²) in [5.74, 6) is 1.32. The van der Waals surface area contributed by atoms with Gasteiger partial charge in [0.15, 0.2) is 6.61 Å². The summed E-state index contributed by atoms with van der Waals surface area (Å²) >= 11 is 0. The first-order chi connectivity index (χ1) is 14.4. The Morgan fingerprint density at radius 3 is 1.77 bits per heavy atom. The molecule has 0 aliphatic rings. The van der Waals surface area contributed by atoms with Gasteiger partial charge in [-0.15, -0.1) is 6.42 Å². The second kappa shape index (κ2) is 13.5. The van der Waals surface area contributed by atoms with Crippen molar-refractivity contribution < 1.29 is 28.7 Å². The van der Waals surface area contributed by atoms with Gasteiger partial charge < -0.3 is 19.3 Å². The first-order valence-corrected chi connectivity index (χ1v) is 10.4. The highest BCUT2D eigenvalue weighted by Crippen LogP contribution is 2.11. The molecule has 3 amide bonds. The molecule has 0 N–H and O–H groups in total. The van der Waals surface area contributed by atoms with Gasteiger partial charge in [0.05, 0.1) is 6.61 Å². The van der Waals surface area contributed by atoms with Gasteiger partial charge in [-0.05, 0) is 39.5 Å². The van der Waals surface area contributed by atoms with Gasteiger partial charge in [0.2, 0.25) is 11.8 Å². The summed E-state index contributed by atoms with van der Waals surface area (Å²) in [5.41, 5.74) is 0. The van der Waals surface area contributed by atoms with Crippen LogP contribution in [0, 0.1) is 18.3 Å². The van der Waals surface area contributed by atoms with Gasteiger partial charge in [-0.25, -0.2) is 9.59 Å². The molecule has 0 aromatic heterocycles. The van der Waals surface area contributed by atoms with Crippen LogP contribution in [0.5, 0.6) is 0 Å². The summed E-state index contributed by atoms with van der Waals surface area (Å²) in [5, 5.41) is 0. The van der Waals surface area contributed by atoms with Crippen LogP contribution >= 0.6 is 0 Å². The quantitative estimate of drug-likeness (QED) is 0.276. The normalized spacial score (nSPS) is 13.4. The molecule has 3 unspecified atom stereocenters. The van der Waals surface area contributed by atoms with Crippen LogP contribution in [0.2, 0.25) is 0 Å². The molecule has 0 aromatic rings. The molecule has 0 spiro atoms. The third-order valence-electron chi connectivity index (χ3n) is 5.23. The van der Waals surface area contributed by atoms with E-state index in [1.54, 1.807) is 13.8 Å². The molecule has 3 atom stereocenters. The van der Waals surface area contributed by atoms with Crippen LogP contribution in [0.15, 0.2) is 0 Å². The fourth-order valence-electron chi connectivity index (χ4n) is 2.61. The van der Waals surface area contributed by atoms with E-state index in [1.807, 2.05) is 0 Å². The minimum absolute atomic E-state index is 0.203. The number of nitrogens with zero attached hydrogens (tertiary/aromatic N) is 3. The van der Waals surface area contributed by atoms with E-state index in [4.69, 9.17) is 15.9 Å². The second-order valence-electron chi connectivity index (χ2n) is 8.00. The lowest BCUT2D eigenvalue weighted by molar-refractivity contribution is -0.156. The summed E-state index contributed by atoms with van der Waals surface area (Å²) in [6.45, 7) is 8.94. The lowest BCUT2D eigenvalue weighted by Gasteiger charge is -2.33. The molecule has 0 aromatic carbocycles. The van der Waals surface area contributed by atoms with Gasteiger partial charge >= 0.3 is 12.1 Å². The number of likely N-dealkylation sites (N-methyl/N-ethyl adjacent to an activating group) is 3. The van der Waals surface area contributed by atoms with Crippen molar-refractivity contribution in [3.63, 3.8) is 0 Å². The van der Waals surface area contributed by atoms with Crippen LogP contribution in [0.3, 0.4) is 0 Å². The highest BCUT2D eigenvalue weighted by atomic mass is 16.6. The Balaban J connectivity index is 4.90. The van der Waals surface area contributed by atoms with E-state index >= 15 is 0 Å². The summed E-state index contributed by atoms with van der Waals surface area (Å²) in [7, 11) is 4.36. The van der Waals surface area contributed by atoms with Crippen molar-refractivity contribution in [2.45, 2.75) is 65.6 Å².